The van der Waals surface area contributed by atoms with Crippen LogP contribution in [0.4, 0.5) is 0 Å². The number of aryl methyl sites for hydroxylation is 2. The molecule has 0 aliphatic carbocycles. The standard InChI is InChI=1S/C64H55N4OP/c1-7-61-65-57-20-11-13-22-59(57)67(61)51-36-32-46(33-37-51)44-24-28-48(29-25-44)63-43(4)56(40-42(3)50-16-15-17-53(41-50)70(5,6)69)64(55-19-10-9-18-54(55)63)49-30-26-45(27-31-49)47-34-38-52(39-35-47)68-60-23-14-12-21-58(60)66-62(68)8-2/h9-41H,7-8H2,1-6H3/b42-40+. The quantitative estimate of drug-likeness (QED) is 0.0959. The summed E-state index contributed by atoms with van der Waals surface area (Å²) in [6.45, 7) is 12.5. The van der Waals surface area contributed by atoms with E-state index in [1.54, 1.807) is 0 Å². The minimum absolute atomic E-state index is 0.851. The second-order valence-electron chi connectivity index (χ2n) is 18.7. The van der Waals surface area contributed by atoms with Crippen molar-refractivity contribution in [3.8, 4) is 55.9 Å². The van der Waals surface area contributed by atoms with Crippen molar-refractivity contribution in [3.63, 3.8) is 0 Å². The smallest absolute Gasteiger partial charge is 0.114 e. The Morgan fingerprint density at radius 3 is 1.39 bits per heavy atom. The third kappa shape index (κ3) is 8.10. The molecule has 0 aliphatic rings. The molecule has 2 aromatic heterocycles. The number of allylic oxidation sites excluding steroid dienone is 1. The molecule has 11 rings (SSSR count). The van der Waals surface area contributed by atoms with Crippen molar-refractivity contribution in [3.05, 3.63) is 222 Å². The van der Waals surface area contributed by atoms with Gasteiger partial charge in [0.25, 0.3) is 0 Å². The van der Waals surface area contributed by atoms with Crippen molar-refractivity contribution in [1.82, 2.24) is 19.1 Å². The number of benzene rings is 9. The topological polar surface area (TPSA) is 52.7 Å². The van der Waals surface area contributed by atoms with Crippen LogP contribution in [0, 0.1) is 6.92 Å². The Morgan fingerprint density at radius 2 is 0.914 bits per heavy atom. The molecule has 6 heteroatoms. The molecule has 0 saturated carbocycles. The first-order valence-electron chi connectivity index (χ1n) is 24.3. The largest absolute Gasteiger partial charge is 0.319 e. The zero-order chi connectivity index (χ0) is 48.1. The van der Waals surface area contributed by atoms with Gasteiger partial charge in [-0.2, -0.15) is 0 Å². The van der Waals surface area contributed by atoms with E-state index in [0.717, 1.165) is 102 Å². The van der Waals surface area contributed by atoms with Crippen molar-refractivity contribution in [2.24, 2.45) is 0 Å². The predicted octanol–water partition coefficient (Wildman–Crippen LogP) is 16.4. The minimum Gasteiger partial charge on any atom is -0.319 e. The number of hydrogen-bond acceptors (Lipinski definition) is 3. The van der Waals surface area contributed by atoms with Gasteiger partial charge in [-0.15, -0.1) is 0 Å². The van der Waals surface area contributed by atoms with Gasteiger partial charge in [0.2, 0.25) is 0 Å². The number of nitrogens with zero attached hydrogens (tertiary/aromatic N) is 4. The molecule has 70 heavy (non-hydrogen) atoms. The molecule has 9 aromatic carbocycles. The molecular formula is C64H55N4OP. The third-order valence-electron chi connectivity index (χ3n) is 14.0. The van der Waals surface area contributed by atoms with Crippen LogP contribution in [0.1, 0.15) is 49.1 Å². The fourth-order valence-corrected chi connectivity index (χ4v) is 11.2. The van der Waals surface area contributed by atoms with Crippen molar-refractivity contribution < 1.29 is 4.57 Å². The fourth-order valence-electron chi connectivity index (χ4n) is 10.3. The normalized spacial score (nSPS) is 12.1. The molecule has 0 N–H and O–H groups in total. The van der Waals surface area contributed by atoms with Crippen LogP contribution >= 0.6 is 7.14 Å². The van der Waals surface area contributed by atoms with Gasteiger partial charge in [0.1, 0.15) is 18.8 Å². The lowest BCUT2D eigenvalue weighted by Crippen LogP contribution is -2.03. The Bertz CT molecular complexity index is 3830. The average molecular weight is 927 g/mol. The molecule has 0 fully saturated rings. The maximum atomic E-state index is 13.3. The summed E-state index contributed by atoms with van der Waals surface area (Å²) >= 11 is 0. The first-order chi connectivity index (χ1) is 34.1. The summed E-state index contributed by atoms with van der Waals surface area (Å²) in [4.78, 5) is 9.82. The lowest BCUT2D eigenvalue weighted by molar-refractivity contribution is 0.588. The fraction of sp³-hybridized carbons (Fsp3) is 0.125. The van der Waals surface area contributed by atoms with Gasteiger partial charge in [-0.1, -0.05) is 159 Å². The molecule has 0 unspecified atom stereocenters. The van der Waals surface area contributed by atoms with Gasteiger partial charge in [-0.3, -0.25) is 9.13 Å². The molecule has 0 radical (unpaired) electrons. The summed E-state index contributed by atoms with van der Waals surface area (Å²) in [5, 5.41) is 3.29. The van der Waals surface area contributed by atoms with Gasteiger partial charge in [-0.05, 0) is 159 Å². The number of rotatable bonds is 11. The second-order valence-corrected chi connectivity index (χ2v) is 21.9. The highest BCUT2D eigenvalue weighted by Gasteiger charge is 2.21. The highest BCUT2D eigenvalue weighted by atomic mass is 31.2. The van der Waals surface area contributed by atoms with Crippen LogP contribution in [-0.2, 0) is 17.4 Å². The molecule has 0 atom stereocenters. The highest BCUT2D eigenvalue weighted by molar-refractivity contribution is 7.70. The van der Waals surface area contributed by atoms with Crippen LogP contribution in [0.15, 0.2) is 194 Å². The van der Waals surface area contributed by atoms with Gasteiger partial charge in [0.05, 0.1) is 22.1 Å². The molecule has 342 valence electrons. The van der Waals surface area contributed by atoms with E-state index in [1.807, 2.05) is 37.6 Å². The molecule has 11 aromatic rings. The van der Waals surface area contributed by atoms with Crippen molar-refractivity contribution in [1.29, 1.82) is 0 Å². The first kappa shape index (κ1) is 44.6. The van der Waals surface area contributed by atoms with Gasteiger partial charge in [-0.25, -0.2) is 9.97 Å². The van der Waals surface area contributed by atoms with Crippen LogP contribution in [0.3, 0.4) is 0 Å². The number of fused-ring (bicyclic) bond motifs is 3. The SMILES string of the molecule is CCc1nc2ccccc2n1-c1ccc(-c2ccc(-c3c(C)c(/C=C(\C)c4cccc(P(C)(C)=O)c4)c(-c4ccc(-c5ccc(-n6c(CC)nc7ccccc76)cc5)cc4)c4ccccc34)cc2)cc1. The number of para-hydroxylation sites is 4. The van der Waals surface area contributed by atoms with Crippen LogP contribution < -0.4 is 5.30 Å². The molecule has 0 spiro atoms. The summed E-state index contributed by atoms with van der Waals surface area (Å²) in [6, 6.07) is 69.6. The van der Waals surface area contributed by atoms with Gasteiger partial charge >= 0.3 is 0 Å². The molecule has 5 nitrogen and oxygen atoms in total. The molecule has 0 saturated heterocycles. The number of imidazole rings is 2. The predicted molar refractivity (Wildman–Crippen MR) is 298 cm³/mol. The van der Waals surface area contributed by atoms with E-state index in [1.165, 1.54) is 38.6 Å². The monoisotopic (exact) mass is 926 g/mol. The van der Waals surface area contributed by atoms with E-state index in [0.29, 0.717) is 0 Å². The van der Waals surface area contributed by atoms with Crippen LogP contribution in [0.25, 0.3) is 100 Å². The summed E-state index contributed by atoms with van der Waals surface area (Å²) in [5.74, 6) is 2.11. The van der Waals surface area contributed by atoms with Crippen molar-refractivity contribution in [2.75, 3.05) is 13.3 Å². The van der Waals surface area contributed by atoms with Crippen LogP contribution in [0.2, 0.25) is 0 Å². The van der Waals surface area contributed by atoms with Gasteiger partial charge in [0, 0.05) is 29.5 Å². The minimum atomic E-state index is -2.46. The van der Waals surface area contributed by atoms with E-state index in [-0.39, 0.29) is 0 Å². The van der Waals surface area contributed by atoms with E-state index in [4.69, 9.17) is 9.97 Å². The Kier molecular flexibility index (Phi) is 11.6. The molecule has 0 aliphatic heterocycles. The Balaban J connectivity index is 0.990. The average Bonchev–Trinajstić information content (AvgIpc) is 3.98. The summed E-state index contributed by atoms with van der Waals surface area (Å²) in [7, 11) is -2.46. The Labute approximate surface area is 410 Å². The Morgan fingerprint density at radius 1 is 0.500 bits per heavy atom. The zero-order valence-electron chi connectivity index (χ0n) is 40.6. The maximum absolute atomic E-state index is 13.3. The second kappa shape index (κ2) is 18.2. The van der Waals surface area contributed by atoms with E-state index < -0.39 is 7.14 Å². The number of aromatic nitrogens is 4. The zero-order valence-corrected chi connectivity index (χ0v) is 41.5. The summed E-state index contributed by atoms with van der Waals surface area (Å²) in [5.41, 5.74) is 20.4. The van der Waals surface area contributed by atoms with E-state index >= 15 is 0 Å². The van der Waals surface area contributed by atoms with Crippen LogP contribution in [-0.4, -0.2) is 32.4 Å². The van der Waals surface area contributed by atoms with Gasteiger partial charge < -0.3 is 4.57 Å². The maximum Gasteiger partial charge on any atom is 0.114 e. The van der Waals surface area contributed by atoms with E-state index in [9.17, 15) is 4.57 Å². The number of hydrogen-bond donors (Lipinski definition) is 0. The molecule has 0 bridgehead atoms. The molecule has 2 heterocycles. The molecular weight excluding hydrogens is 872 g/mol. The third-order valence-corrected chi connectivity index (χ3v) is 15.5. The summed E-state index contributed by atoms with van der Waals surface area (Å²) < 4.78 is 17.8. The lowest BCUT2D eigenvalue weighted by Gasteiger charge is -2.21. The van der Waals surface area contributed by atoms with Crippen molar-refractivity contribution in [2.45, 2.75) is 40.5 Å². The molecule has 0 amide bonds. The van der Waals surface area contributed by atoms with Gasteiger partial charge in [0.15, 0.2) is 0 Å². The van der Waals surface area contributed by atoms with Crippen LogP contribution in [0.5, 0.6) is 0 Å². The van der Waals surface area contributed by atoms with Crippen molar-refractivity contribution >= 4 is 56.9 Å². The highest BCUT2D eigenvalue weighted by Crippen LogP contribution is 2.44. The van der Waals surface area contributed by atoms with E-state index in [2.05, 4.69) is 213 Å². The Hall–Kier alpha value is -7.85. The summed E-state index contributed by atoms with van der Waals surface area (Å²) in [6.07, 6.45) is 4.05. The lowest BCUT2D eigenvalue weighted by atomic mass is 9.82. The first-order valence-corrected chi connectivity index (χ1v) is 26.9.